The van der Waals surface area contributed by atoms with Crippen LogP contribution in [0.1, 0.15) is 45.5 Å². The molecule has 0 aliphatic carbocycles. The molecule has 2 aromatic carbocycles. The van der Waals surface area contributed by atoms with E-state index >= 15 is 0 Å². The number of piperidine rings is 1. The number of aliphatic hydroxyl groups is 1. The summed E-state index contributed by atoms with van der Waals surface area (Å²) in [7, 11) is 0. The molecular formula is C21H21Cl2NO3. The lowest BCUT2D eigenvalue weighted by Gasteiger charge is -2.32. The quantitative estimate of drug-likeness (QED) is 0.738. The van der Waals surface area contributed by atoms with Gasteiger partial charge in [-0.25, -0.2) is 0 Å². The first-order chi connectivity index (χ1) is 13.0. The van der Waals surface area contributed by atoms with E-state index in [1.807, 2.05) is 0 Å². The molecule has 1 fully saturated rings. The average molecular weight is 406 g/mol. The zero-order valence-electron chi connectivity index (χ0n) is 14.8. The van der Waals surface area contributed by atoms with E-state index in [4.69, 9.17) is 28.3 Å². The molecule has 6 heteroatoms. The maximum absolute atomic E-state index is 12.8. The van der Waals surface area contributed by atoms with Crippen molar-refractivity contribution < 1.29 is 14.7 Å². The Morgan fingerprint density at radius 2 is 1.85 bits per heavy atom. The second-order valence-corrected chi connectivity index (χ2v) is 7.71. The molecule has 142 valence electrons. The van der Waals surface area contributed by atoms with Crippen LogP contribution in [-0.4, -0.2) is 34.8 Å². The van der Waals surface area contributed by atoms with Gasteiger partial charge in [-0.2, -0.15) is 0 Å². The highest BCUT2D eigenvalue weighted by molar-refractivity contribution is 6.36. The highest BCUT2D eigenvalue weighted by Crippen LogP contribution is 2.26. The van der Waals surface area contributed by atoms with Crippen LogP contribution < -0.4 is 0 Å². The van der Waals surface area contributed by atoms with Gasteiger partial charge in [-0.1, -0.05) is 47.5 Å². The number of benzene rings is 2. The molecule has 1 unspecified atom stereocenters. The van der Waals surface area contributed by atoms with Gasteiger partial charge in [-0.3, -0.25) is 9.59 Å². The highest BCUT2D eigenvalue weighted by Gasteiger charge is 2.27. The van der Waals surface area contributed by atoms with Gasteiger partial charge in [0, 0.05) is 30.1 Å². The van der Waals surface area contributed by atoms with Crippen LogP contribution in [0.25, 0.3) is 0 Å². The Labute approximate surface area is 168 Å². The van der Waals surface area contributed by atoms with Crippen molar-refractivity contribution in [3.8, 4) is 0 Å². The number of aliphatic hydroxyl groups excluding tert-OH is 1. The van der Waals surface area contributed by atoms with Gasteiger partial charge in [-0.15, -0.1) is 0 Å². The maximum Gasteiger partial charge on any atom is 0.255 e. The number of ketones is 1. The first-order valence-corrected chi connectivity index (χ1v) is 9.71. The summed E-state index contributed by atoms with van der Waals surface area (Å²) in [5, 5.41) is 9.93. The van der Waals surface area contributed by atoms with Crippen molar-refractivity contribution in [1.29, 1.82) is 0 Å². The molecule has 0 radical (unpaired) electrons. The van der Waals surface area contributed by atoms with Gasteiger partial charge < -0.3 is 10.0 Å². The largest absolute Gasteiger partial charge is 0.392 e. The zero-order chi connectivity index (χ0) is 19.4. The van der Waals surface area contributed by atoms with Gasteiger partial charge in [0.25, 0.3) is 5.91 Å². The Kier molecular flexibility index (Phi) is 6.53. The number of carbonyl (C=O) groups is 2. The molecule has 0 spiro atoms. The third kappa shape index (κ3) is 4.89. The third-order valence-corrected chi connectivity index (χ3v) is 5.45. The number of Topliss-reactive ketones (excluding diaryl/α,β-unsaturated/α-hetero) is 1. The Hall–Kier alpha value is -1.88. The second kappa shape index (κ2) is 8.87. The first kappa shape index (κ1) is 19.9. The fourth-order valence-electron chi connectivity index (χ4n) is 3.43. The van der Waals surface area contributed by atoms with E-state index < -0.39 is 0 Å². The predicted molar refractivity (Wildman–Crippen MR) is 106 cm³/mol. The maximum atomic E-state index is 12.8. The summed E-state index contributed by atoms with van der Waals surface area (Å²) >= 11 is 12.1. The summed E-state index contributed by atoms with van der Waals surface area (Å²) in [4.78, 5) is 27.1. The van der Waals surface area contributed by atoms with E-state index in [1.165, 1.54) is 0 Å². The van der Waals surface area contributed by atoms with Gasteiger partial charge in [0.05, 0.1) is 17.2 Å². The van der Waals surface area contributed by atoms with Crippen LogP contribution in [0.15, 0.2) is 42.5 Å². The number of nitrogens with zero attached hydrogens (tertiary/aromatic N) is 1. The monoisotopic (exact) mass is 405 g/mol. The Morgan fingerprint density at radius 3 is 2.52 bits per heavy atom. The molecule has 1 atom stereocenters. The van der Waals surface area contributed by atoms with E-state index in [0.29, 0.717) is 40.7 Å². The SMILES string of the molecule is O=C(CC1CCCN(C(=O)c2ccc(Cl)cc2Cl)C1)c1ccc(CO)cc1. The van der Waals surface area contributed by atoms with Gasteiger partial charge in [0.2, 0.25) is 0 Å². The van der Waals surface area contributed by atoms with Gasteiger partial charge in [-0.05, 0) is 42.5 Å². The molecule has 3 rings (SSSR count). The van der Waals surface area contributed by atoms with Crippen LogP contribution in [-0.2, 0) is 6.61 Å². The summed E-state index contributed by atoms with van der Waals surface area (Å²) < 4.78 is 0. The lowest BCUT2D eigenvalue weighted by atomic mass is 9.90. The Balaban J connectivity index is 1.64. The Morgan fingerprint density at radius 1 is 1.11 bits per heavy atom. The van der Waals surface area contributed by atoms with Crippen molar-refractivity contribution in [2.45, 2.75) is 25.9 Å². The molecular weight excluding hydrogens is 385 g/mol. The smallest absolute Gasteiger partial charge is 0.255 e. The number of amides is 1. The summed E-state index contributed by atoms with van der Waals surface area (Å²) in [6, 6.07) is 11.9. The summed E-state index contributed by atoms with van der Waals surface area (Å²) in [5.41, 5.74) is 1.85. The number of hydrogen-bond donors (Lipinski definition) is 1. The van der Waals surface area contributed by atoms with Crippen molar-refractivity contribution >= 4 is 34.9 Å². The molecule has 27 heavy (non-hydrogen) atoms. The van der Waals surface area contributed by atoms with E-state index in [2.05, 4.69) is 0 Å². The van der Waals surface area contributed by atoms with Crippen LogP contribution in [0.5, 0.6) is 0 Å². The molecule has 0 aromatic heterocycles. The van der Waals surface area contributed by atoms with E-state index in [0.717, 1.165) is 18.4 Å². The summed E-state index contributed by atoms with van der Waals surface area (Å²) in [6.07, 6.45) is 2.17. The van der Waals surface area contributed by atoms with Crippen molar-refractivity contribution in [2.24, 2.45) is 5.92 Å². The number of likely N-dealkylation sites (tertiary alicyclic amines) is 1. The topological polar surface area (TPSA) is 57.6 Å². The molecule has 2 aromatic rings. The summed E-state index contributed by atoms with van der Waals surface area (Å²) in [6.45, 7) is 1.16. The fourth-order valence-corrected chi connectivity index (χ4v) is 3.91. The van der Waals surface area contributed by atoms with Crippen molar-refractivity contribution in [1.82, 2.24) is 4.90 Å². The van der Waals surface area contributed by atoms with Gasteiger partial charge in [0.1, 0.15) is 0 Å². The minimum Gasteiger partial charge on any atom is -0.392 e. The molecule has 0 bridgehead atoms. The second-order valence-electron chi connectivity index (χ2n) is 6.87. The number of rotatable bonds is 5. The molecule has 1 aliphatic rings. The van der Waals surface area contributed by atoms with Crippen LogP contribution in [0.4, 0.5) is 0 Å². The summed E-state index contributed by atoms with van der Waals surface area (Å²) in [5.74, 6) is 0.0585. The van der Waals surface area contributed by atoms with Gasteiger partial charge in [0.15, 0.2) is 5.78 Å². The van der Waals surface area contributed by atoms with Crippen LogP contribution in [0.2, 0.25) is 10.0 Å². The van der Waals surface area contributed by atoms with E-state index in [-0.39, 0.29) is 24.2 Å². The van der Waals surface area contributed by atoms with Crippen LogP contribution in [0, 0.1) is 5.92 Å². The molecule has 1 amide bonds. The zero-order valence-corrected chi connectivity index (χ0v) is 16.3. The first-order valence-electron chi connectivity index (χ1n) is 8.95. The Bertz CT molecular complexity index is 836. The van der Waals surface area contributed by atoms with Crippen molar-refractivity contribution in [3.63, 3.8) is 0 Å². The molecule has 1 heterocycles. The number of carbonyl (C=O) groups excluding carboxylic acids is 2. The van der Waals surface area contributed by atoms with Crippen LogP contribution in [0.3, 0.4) is 0 Å². The lowest BCUT2D eigenvalue weighted by Crippen LogP contribution is -2.40. The van der Waals surface area contributed by atoms with E-state index in [9.17, 15) is 9.59 Å². The number of hydrogen-bond acceptors (Lipinski definition) is 3. The molecule has 1 N–H and O–H groups in total. The molecule has 4 nitrogen and oxygen atoms in total. The molecule has 0 saturated carbocycles. The third-order valence-electron chi connectivity index (χ3n) is 4.90. The van der Waals surface area contributed by atoms with Gasteiger partial charge >= 0.3 is 0 Å². The fraction of sp³-hybridized carbons (Fsp3) is 0.333. The number of halogens is 2. The van der Waals surface area contributed by atoms with E-state index in [1.54, 1.807) is 47.4 Å². The molecule has 1 aliphatic heterocycles. The minimum atomic E-state index is -0.124. The molecule has 1 saturated heterocycles. The standard InChI is InChI=1S/C21H21Cl2NO3/c22-17-7-8-18(19(23)11-17)21(27)24-9-1-2-15(12-24)10-20(26)16-5-3-14(13-25)4-6-16/h3-8,11,15,25H,1-2,9-10,12-13H2. The lowest BCUT2D eigenvalue weighted by molar-refractivity contribution is 0.0652. The van der Waals surface area contributed by atoms with Crippen molar-refractivity contribution in [3.05, 3.63) is 69.2 Å². The minimum absolute atomic E-state index is 0.0403. The van der Waals surface area contributed by atoms with Crippen LogP contribution >= 0.6 is 23.2 Å². The predicted octanol–water partition coefficient (Wildman–Crippen LogP) is 4.61. The van der Waals surface area contributed by atoms with Crippen molar-refractivity contribution in [2.75, 3.05) is 13.1 Å². The average Bonchev–Trinajstić information content (AvgIpc) is 2.68. The highest BCUT2D eigenvalue weighted by atomic mass is 35.5. The normalized spacial score (nSPS) is 17.0.